The number of carbonyl (C=O) groups is 1. The summed E-state index contributed by atoms with van der Waals surface area (Å²) in [5.41, 5.74) is 0.678. The summed E-state index contributed by atoms with van der Waals surface area (Å²) in [6, 6.07) is 9.21. The lowest BCUT2D eigenvalue weighted by atomic mass is 10.2. The predicted octanol–water partition coefficient (Wildman–Crippen LogP) is 4.87. The molecule has 0 radical (unpaired) electrons. The molecule has 0 fully saturated rings. The van der Waals surface area contributed by atoms with E-state index < -0.39 is 4.92 Å². The van der Waals surface area contributed by atoms with Crippen molar-refractivity contribution in [3.8, 4) is 0 Å². The second-order valence-electron chi connectivity index (χ2n) is 4.00. The van der Waals surface area contributed by atoms with Gasteiger partial charge in [0.05, 0.1) is 21.2 Å². The summed E-state index contributed by atoms with van der Waals surface area (Å²) in [5, 5.41) is 13.4. The number of halogens is 3. The molecule has 2 aromatic rings. The van der Waals surface area contributed by atoms with E-state index in [1.54, 1.807) is 12.1 Å². The molecule has 1 amide bonds. The predicted molar refractivity (Wildman–Crippen MR) is 92.9 cm³/mol. The summed E-state index contributed by atoms with van der Waals surface area (Å²) >= 11 is 11.3. The molecule has 21 heavy (non-hydrogen) atoms. The number of amides is 1. The van der Waals surface area contributed by atoms with Crippen molar-refractivity contribution in [3.63, 3.8) is 0 Å². The van der Waals surface area contributed by atoms with E-state index in [-0.39, 0.29) is 16.6 Å². The summed E-state index contributed by atoms with van der Waals surface area (Å²) in [6.07, 6.45) is 0. The molecule has 0 saturated carbocycles. The minimum Gasteiger partial charge on any atom is -0.321 e. The second kappa shape index (κ2) is 6.71. The first kappa shape index (κ1) is 16.2. The molecule has 0 heterocycles. The number of anilines is 1. The molecule has 0 saturated heterocycles. The van der Waals surface area contributed by atoms with E-state index in [1.807, 2.05) is 6.07 Å². The zero-order valence-corrected chi connectivity index (χ0v) is 14.8. The zero-order valence-electron chi connectivity index (χ0n) is 10.3. The third-order valence-electron chi connectivity index (χ3n) is 2.58. The third kappa shape index (κ3) is 3.92. The van der Waals surface area contributed by atoms with Crippen molar-refractivity contribution < 1.29 is 9.72 Å². The highest BCUT2D eigenvalue weighted by Crippen LogP contribution is 2.27. The number of non-ortho nitro benzene ring substituents is 1. The first-order chi connectivity index (χ1) is 9.88. The van der Waals surface area contributed by atoms with Crippen LogP contribution in [0, 0.1) is 13.7 Å². The molecule has 0 aliphatic heterocycles. The van der Waals surface area contributed by atoms with E-state index in [1.165, 1.54) is 18.2 Å². The molecule has 8 heteroatoms. The van der Waals surface area contributed by atoms with E-state index >= 15 is 0 Å². The van der Waals surface area contributed by atoms with Gasteiger partial charge in [0.25, 0.3) is 11.6 Å². The molecular formula is C13H7BrClIN2O3. The van der Waals surface area contributed by atoms with Crippen LogP contribution in [0.25, 0.3) is 0 Å². The van der Waals surface area contributed by atoms with Crippen molar-refractivity contribution in [2.24, 2.45) is 0 Å². The van der Waals surface area contributed by atoms with Crippen molar-refractivity contribution in [2.75, 3.05) is 5.32 Å². The molecule has 2 aromatic carbocycles. The number of nitrogens with one attached hydrogen (secondary N) is 1. The van der Waals surface area contributed by atoms with Gasteiger partial charge in [-0.05, 0) is 46.9 Å². The maximum atomic E-state index is 12.2. The fraction of sp³-hybridized carbons (Fsp3) is 0. The number of nitrogens with zero attached hydrogens (tertiary/aromatic N) is 1. The monoisotopic (exact) mass is 480 g/mol. The van der Waals surface area contributed by atoms with Crippen LogP contribution < -0.4 is 5.32 Å². The van der Waals surface area contributed by atoms with Gasteiger partial charge in [-0.15, -0.1) is 0 Å². The molecule has 0 bridgehead atoms. The summed E-state index contributed by atoms with van der Waals surface area (Å²) in [5.74, 6) is -0.337. The van der Waals surface area contributed by atoms with E-state index in [4.69, 9.17) is 11.6 Å². The van der Waals surface area contributed by atoms with Gasteiger partial charge in [0, 0.05) is 20.2 Å². The molecule has 0 aliphatic rings. The Morgan fingerprint density at radius 1 is 1.29 bits per heavy atom. The molecule has 0 aliphatic carbocycles. The average molecular weight is 481 g/mol. The van der Waals surface area contributed by atoms with E-state index in [9.17, 15) is 14.9 Å². The zero-order chi connectivity index (χ0) is 15.6. The van der Waals surface area contributed by atoms with Gasteiger partial charge in [0.1, 0.15) is 0 Å². The van der Waals surface area contributed by atoms with Crippen molar-refractivity contribution in [3.05, 3.63) is 65.1 Å². The molecular weight excluding hydrogens is 474 g/mol. The molecule has 0 unspecified atom stereocenters. The Kier molecular flexibility index (Phi) is 5.17. The van der Waals surface area contributed by atoms with Gasteiger partial charge in [-0.25, -0.2) is 0 Å². The van der Waals surface area contributed by atoms with Gasteiger partial charge in [-0.2, -0.15) is 0 Å². The smallest absolute Gasteiger partial charge is 0.271 e. The molecule has 0 spiro atoms. The number of benzene rings is 2. The van der Waals surface area contributed by atoms with Crippen LogP contribution in [0.4, 0.5) is 11.4 Å². The highest BCUT2D eigenvalue weighted by Gasteiger charge is 2.14. The Morgan fingerprint density at radius 2 is 2.00 bits per heavy atom. The molecule has 0 atom stereocenters. The van der Waals surface area contributed by atoms with Crippen LogP contribution in [-0.2, 0) is 0 Å². The summed E-state index contributed by atoms with van der Waals surface area (Å²) in [6.45, 7) is 0. The number of hydrogen-bond acceptors (Lipinski definition) is 3. The van der Waals surface area contributed by atoms with Crippen LogP contribution in [0.1, 0.15) is 10.4 Å². The fourth-order valence-electron chi connectivity index (χ4n) is 1.58. The van der Waals surface area contributed by atoms with Gasteiger partial charge in [-0.3, -0.25) is 14.9 Å². The molecule has 2 rings (SSSR count). The molecule has 0 aromatic heterocycles. The van der Waals surface area contributed by atoms with Crippen molar-refractivity contribution in [1.82, 2.24) is 0 Å². The quantitative estimate of drug-likeness (QED) is 0.386. The molecule has 108 valence electrons. The first-order valence-electron chi connectivity index (χ1n) is 5.59. The van der Waals surface area contributed by atoms with Gasteiger partial charge in [0.2, 0.25) is 0 Å². The SMILES string of the molecule is O=C(Nc1ccc([N+](=O)[O-])cc1Cl)c1cc(Br)ccc1I. The van der Waals surface area contributed by atoms with Gasteiger partial charge >= 0.3 is 0 Å². The number of nitro groups is 1. The highest BCUT2D eigenvalue weighted by atomic mass is 127. The summed E-state index contributed by atoms with van der Waals surface area (Å²) in [7, 11) is 0. The fourth-order valence-corrected chi connectivity index (χ4v) is 2.74. The van der Waals surface area contributed by atoms with Gasteiger partial charge < -0.3 is 5.32 Å². The Morgan fingerprint density at radius 3 is 2.62 bits per heavy atom. The topological polar surface area (TPSA) is 72.2 Å². The van der Waals surface area contributed by atoms with Crippen LogP contribution in [0.5, 0.6) is 0 Å². The Labute approximate surface area is 147 Å². The van der Waals surface area contributed by atoms with Gasteiger partial charge in [-0.1, -0.05) is 27.5 Å². The lowest BCUT2D eigenvalue weighted by Gasteiger charge is -2.09. The van der Waals surface area contributed by atoms with Gasteiger partial charge in [0.15, 0.2) is 0 Å². The first-order valence-corrected chi connectivity index (χ1v) is 7.84. The van der Waals surface area contributed by atoms with Crippen LogP contribution in [0.15, 0.2) is 40.9 Å². The van der Waals surface area contributed by atoms with Crippen LogP contribution in [0.2, 0.25) is 5.02 Å². The largest absolute Gasteiger partial charge is 0.321 e. The van der Waals surface area contributed by atoms with Crippen LogP contribution >= 0.6 is 50.1 Å². The Balaban J connectivity index is 2.27. The number of hydrogen-bond donors (Lipinski definition) is 1. The number of rotatable bonds is 3. The number of nitro benzene ring substituents is 1. The maximum Gasteiger partial charge on any atom is 0.271 e. The number of carbonyl (C=O) groups excluding carboxylic acids is 1. The minimum absolute atomic E-state index is 0.113. The van der Waals surface area contributed by atoms with Crippen LogP contribution in [0.3, 0.4) is 0 Å². The van der Waals surface area contributed by atoms with E-state index in [0.29, 0.717) is 11.3 Å². The highest BCUT2D eigenvalue weighted by molar-refractivity contribution is 14.1. The normalized spacial score (nSPS) is 10.2. The van der Waals surface area contributed by atoms with Crippen molar-refractivity contribution in [2.45, 2.75) is 0 Å². The molecule has 5 nitrogen and oxygen atoms in total. The Bertz CT molecular complexity index is 739. The third-order valence-corrected chi connectivity index (χ3v) is 4.33. The van der Waals surface area contributed by atoms with Crippen LogP contribution in [-0.4, -0.2) is 10.8 Å². The lowest BCUT2D eigenvalue weighted by molar-refractivity contribution is -0.384. The standard InChI is InChI=1S/C13H7BrClIN2O3/c14-7-1-3-11(16)9(5-7)13(19)17-12-4-2-8(18(20)21)6-10(12)15/h1-6H,(H,17,19). The maximum absolute atomic E-state index is 12.2. The molecule has 1 N–H and O–H groups in total. The Hall–Kier alpha value is -1.19. The summed E-state index contributed by atoms with van der Waals surface area (Å²) in [4.78, 5) is 22.3. The summed E-state index contributed by atoms with van der Waals surface area (Å²) < 4.78 is 1.56. The van der Waals surface area contributed by atoms with E-state index in [2.05, 4.69) is 43.8 Å². The van der Waals surface area contributed by atoms with Crippen molar-refractivity contribution >= 4 is 67.4 Å². The lowest BCUT2D eigenvalue weighted by Crippen LogP contribution is -2.13. The second-order valence-corrected chi connectivity index (χ2v) is 6.48. The average Bonchev–Trinajstić information content (AvgIpc) is 2.43. The van der Waals surface area contributed by atoms with Crippen molar-refractivity contribution in [1.29, 1.82) is 0 Å². The van der Waals surface area contributed by atoms with E-state index in [0.717, 1.165) is 8.04 Å². The minimum atomic E-state index is -0.547.